The van der Waals surface area contributed by atoms with E-state index in [0.29, 0.717) is 0 Å². The van der Waals surface area contributed by atoms with Gasteiger partial charge in [-0.2, -0.15) is 8.42 Å². The number of hydrogen-bond donors (Lipinski definition) is 0. The Morgan fingerprint density at radius 3 is 2.39 bits per heavy atom. The average Bonchev–Trinajstić information content (AvgIpc) is 2.78. The summed E-state index contributed by atoms with van der Waals surface area (Å²) in [6, 6.07) is 9.12. The van der Waals surface area contributed by atoms with Crippen LogP contribution in [0.15, 0.2) is 47.3 Å². The zero-order valence-electron chi connectivity index (χ0n) is 18.1. The van der Waals surface area contributed by atoms with E-state index in [1.165, 1.54) is 68.3 Å². The molecule has 1 unspecified atom stereocenters. The molecule has 0 amide bonds. The van der Waals surface area contributed by atoms with Crippen LogP contribution in [-0.2, 0) is 26.1 Å². The summed E-state index contributed by atoms with van der Waals surface area (Å²) in [4.78, 5) is 35.3. The maximum absolute atomic E-state index is 12.8. The van der Waals surface area contributed by atoms with Crippen molar-refractivity contribution in [3.8, 4) is 5.75 Å². The van der Waals surface area contributed by atoms with Crippen LogP contribution in [0.3, 0.4) is 0 Å². The highest BCUT2D eigenvalue weighted by atomic mass is 32.2. The largest absolute Gasteiger partial charge is 0.496 e. The van der Waals surface area contributed by atoms with Gasteiger partial charge >= 0.3 is 5.97 Å². The number of non-ortho nitro benzene ring substituents is 1. The van der Waals surface area contributed by atoms with Crippen LogP contribution in [0, 0.1) is 10.1 Å². The molecule has 0 aliphatic carbocycles. The van der Waals surface area contributed by atoms with Gasteiger partial charge in [-0.15, -0.1) is 0 Å². The van der Waals surface area contributed by atoms with Crippen molar-refractivity contribution in [1.82, 2.24) is 4.57 Å². The molecule has 174 valence electrons. The molecule has 0 bridgehead atoms. The molecule has 3 rings (SSSR count). The highest BCUT2D eigenvalue weighted by Gasteiger charge is 2.28. The summed E-state index contributed by atoms with van der Waals surface area (Å²) < 4.78 is 41.0. The first-order valence-corrected chi connectivity index (χ1v) is 11.2. The molecule has 0 N–H and O–H groups in total. The molecule has 11 nitrogen and oxygen atoms in total. The topological polar surface area (TPSA) is 144 Å². The molecule has 0 spiro atoms. The zero-order chi connectivity index (χ0) is 24.5. The highest BCUT2D eigenvalue weighted by Crippen LogP contribution is 2.35. The summed E-state index contributed by atoms with van der Waals surface area (Å²) in [5, 5.41) is 11.4. The van der Waals surface area contributed by atoms with Crippen LogP contribution in [-0.4, -0.2) is 44.4 Å². The van der Waals surface area contributed by atoms with Gasteiger partial charge in [0.1, 0.15) is 11.9 Å². The molecule has 12 heteroatoms. The normalized spacial score (nSPS) is 12.4. The minimum absolute atomic E-state index is 0.0996. The molecule has 0 fully saturated rings. The Bertz CT molecular complexity index is 1430. The van der Waals surface area contributed by atoms with Crippen molar-refractivity contribution in [1.29, 1.82) is 0 Å². The number of carbonyl (C=O) groups excluding carboxylic acids is 1. The molecular formula is C21H20N2O9S. The molecule has 0 saturated heterocycles. The number of nitro benzene ring substituents is 1. The zero-order valence-corrected chi connectivity index (χ0v) is 18.9. The van der Waals surface area contributed by atoms with Gasteiger partial charge in [-0.05, 0) is 18.2 Å². The lowest BCUT2D eigenvalue weighted by Crippen LogP contribution is -2.20. The van der Waals surface area contributed by atoms with Gasteiger partial charge in [0, 0.05) is 36.2 Å². The monoisotopic (exact) mass is 476 g/mol. The Labute approximate surface area is 188 Å². The fourth-order valence-corrected chi connectivity index (χ4v) is 3.98. The first-order valence-electron chi connectivity index (χ1n) is 9.39. The fraction of sp³-hybridized carbons (Fsp3) is 0.238. The molecule has 1 heterocycles. The summed E-state index contributed by atoms with van der Waals surface area (Å²) in [6.45, 7) is 0. The predicted molar refractivity (Wildman–Crippen MR) is 118 cm³/mol. The molecular weight excluding hydrogens is 456 g/mol. The molecule has 0 aliphatic rings. The van der Waals surface area contributed by atoms with E-state index in [0.717, 1.165) is 6.26 Å². The van der Waals surface area contributed by atoms with Gasteiger partial charge in [0.25, 0.3) is 15.8 Å². The third-order valence-electron chi connectivity index (χ3n) is 4.96. The third kappa shape index (κ3) is 4.86. The van der Waals surface area contributed by atoms with Crippen LogP contribution in [0.1, 0.15) is 27.7 Å². The lowest BCUT2D eigenvalue weighted by molar-refractivity contribution is -0.384. The molecule has 33 heavy (non-hydrogen) atoms. The van der Waals surface area contributed by atoms with Crippen molar-refractivity contribution < 1.29 is 31.8 Å². The number of esters is 1. The Morgan fingerprint density at radius 2 is 1.82 bits per heavy atom. The van der Waals surface area contributed by atoms with Gasteiger partial charge in [-0.25, -0.2) is 4.79 Å². The molecule has 0 saturated carbocycles. The number of pyridine rings is 1. The number of methoxy groups -OCH3 is 2. The number of hydrogen-bond acceptors (Lipinski definition) is 9. The SMILES string of the molecule is COC(=O)c1ccc(C(OS(C)(=O)=O)c2cc(=O)c3ccc([N+](=O)[O-])cc3n2C)c(OC)c1. The molecule has 2 aromatic carbocycles. The summed E-state index contributed by atoms with van der Waals surface area (Å²) in [5.74, 6) is -0.524. The van der Waals surface area contributed by atoms with Gasteiger partial charge in [0.05, 0.1) is 42.2 Å². The second-order valence-corrected chi connectivity index (χ2v) is 8.68. The number of ether oxygens (including phenoxy) is 2. The number of nitrogens with zero attached hydrogens (tertiary/aromatic N) is 2. The Morgan fingerprint density at radius 1 is 1.12 bits per heavy atom. The standard InChI is InChI=1S/C21H20N2O9S/c1-22-16-10-13(23(26)27)6-8-14(16)18(24)11-17(22)20(32-33(4,28)29)15-7-5-12(21(25)31-3)9-19(15)30-2/h5-11,20H,1-4H3. The van der Waals surface area contributed by atoms with Crippen molar-refractivity contribution in [3.63, 3.8) is 0 Å². The van der Waals surface area contributed by atoms with Crippen LogP contribution >= 0.6 is 0 Å². The van der Waals surface area contributed by atoms with E-state index >= 15 is 0 Å². The second-order valence-electron chi connectivity index (χ2n) is 7.08. The van der Waals surface area contributed by atoms with Gasteiger partial charge in [-0.1, -0.05) is 6.07 Å². The molecule has 0 radical (unpaired) electrons. The van der Waals surface area contributed by atoms with E-state index in [2.05, 4.69) is 0 Å². The lowest BCUT2D eigenvalue weighted by Gasteiger charge is -2.23. The van der Waals surface area contributed by atoms with E-state index in [4.69, 9.17) is 13.7 Å². The van der Waals surface area contributed by atoms with Crippen molar-refractivity contribution >= 4 is 32.7 Å². The lowest BCUT2D eigenvalue weighted by atomic mass is 10.0. The maximum Gasteiger partial charge on any atom is 0.337 e. The highest BCUT2D eigenvalue weighted by molar-refractivity contribution is 7.86. The summed E-state index contributed by atoms with van der Waals surface area (Å²) >= 11 is 0. The van der Waals surface area contributed by atoms with Crippen LogP contribution in [0.4, 0.5) is 5.69 Å². The first kappa shape index (κ1) is 23.9. The minimum Gasteiger partial charge on any atom is -0.496 e. The minimum atomic E-state index is -4.05. The third-order valence-corrected chi connectivity index (χ3v) is 5.50. The van der Waals surface area contributed by atoms with Crippen molar-refractivity contribution in [3.05, 3.63) is 79.6 Å². The summed E-state index contributed by atoms with van der Waals surface area (Å²) in [6.07, 6.45) is -0.512. The Balaban J connectivity index is 2.32. The quantitative estimate of drug-likeness (QED) is 0.217. The molecule has 1 atom stereocenters. The number of benzene rings is 2. The molecule has 0 aliphatic heterocycles. The van der Waals surface area contributed by atoms with Gasteiger partial charge in [0.15, 0.2) is 5.43 Å². The smallest absolute Gasteiger partial charge is 0.337 e. The first-order chi connectivity index (χ1) is 15.5. The average molecular weight is 476 g/mol. The van der Waals surface area contributed by atoms with Gasteiger partial charge in [0.2, 0.25) is 0 Å². The van der Waals surface area contributed by atoms with Crippen LogP contribution in [0.25, 0.3) is 10.9 Å². The van der Waals surface area contributed by atoms with Gasteiger partial charge < -0.3 is 14.0 Å². The predicted octanol–water partition coefficient (Wildman–Crippen LogP) is 2.31. The Hall–Kier alpha value is -3.77. The summed E-state index contributed by atoms with van der Waals surface area (Å²) in [5.41, 5.74) is -0.0634. The maximum atomic E-state index is 12.8. The van der Waals surface area contributed by atoms with Crippen LogP contribution < -0.4 is 10.2 Å². The number of aromatic nitrogens is 1. The van der Waals surface area contributed by atoms with E-state index in [-0.39, 0.29) is 39.2 Å². The van der Waals surface area contributed by atoms with Crippen molar-refractivity contribution in [2.45, 2.75) is 6.10 Å². The number of fused-ring (bicyclic) bond motifs is 1. The van der Waals surface area contributed by atoms with E-state index in [9.17, 15) is 28.1 Å². The van der Waals surface area contributed by atoms with E-state index < -0.39 is 32.5 Å². The molecule has 3 aromatic rings. The Kier molecular flexibility index (Phi) is 6.51. The van der Waals surface area contributed by atoms with Crippen molar-refractivity contribution in [2.75, 3.05) is 20.5 Å². The van der Waals surface area contributed by atoms with E-state index in [1.807, 2.05) is 0 Å². The number of rotatable bonds is 7. The number of nitro groups is 1. The molecule has 1 aromatic heterocycles. The van der Waals surface area contributed by atoms with Crippen molar-refractivity contribution in [2.24, 2.45) is 7.05 Å². The second kappa shape index (κ2) is 9.00. The van der Waals surface area contributed by atoms with Crippen LogP contribution in [0.2, 0.25) is 0 Å². The van der Waals surface area contributed by atoms with Gasteiger partial charge in [-0.3, -0.25) is 19.1 Å². The number of carbonyl (C=O) groups is 1. The fourth-order valence-electron chi connectivity index (χ4n) is 3.43. The summed E-state index contributed by atoms with van der Waals surface area (Å²) in [7, 11) is 0.00185. The number of aryl methyl sites for hydroxylation is 1. The van der Waals surface area contributed by atoms with Crippen LogP contribution in [0.5, 0.6) is 5.75 Å². The van der Waals surface area contributed by atoms with E-state index in [1.54, 1.807) is 0 Å².